The Hall–Kier alpha value is -2.90. The fourth-order valence-electron chi connectivity index (χ4n) is 2.02. The van der Waals surface area contributed by atoms with Crippen molar-refractivity contribution in [2.24, 2.45) is 0 Å². The van der Waals surface area contributed by atoms with E-state index < -0.39 is 25.5 Å². The minimum absolute atomic E-state index is 0.126. The Balaban J connectivity index is 1.93. The molecule has 0 saturated heterocycles. The summed E-state index contributed by atoms with van der Waals surface area (Å²) in [5.41, 5.74) is 0.574. The number of hydrogen-bond acceptors (Lipinski definition) is 7. The lowest BCUT2D eigenvalue weighted by atomic mass is 10.0. The molecule has 0 saturated carbocycles. The molecular formula is C18H18O7. The number of ketones is 1. The number of aliphatic hydroxyl groups is 2. The first-order valence-corrected chi connectivity index (χ1v) is 7.51. The van der Waals surface area contributed by atoms with Crippen LogP contribution in [0.15, 0.2) is 48.5 Å². The van der Waals surface area contributed by atoms with Gasteiger partial charge in [0.05, 0.1) is 24.7 Å². The van der Waals surface area contributed by atoms with Gasteiger partial charge in [0.15, 0.2) is 5.78 Å². The van der Waals surface area contributed by atoms with Crippen LogP contribution < -0.4 is 4.74 Å². The van der Waals surface area contributed by atoms with Gasteiger partial charge in [-0.15, -0.1) is 0 Å². The molecule has 0 radical (unpaired) electrons. The molecule has 3 N–H and O–H groups in total. The maximum Gasteiger partial charge on any atom is 0.311 e. The second-order valence-electron chi connectivity index (χ2n) is 5.19. The highest BCUT2D eigenvalue weighted by Crippen LogP contribution is 2.25. The van der Waals surface area contributed by atoms with Crippen molar-refractivity contribution in [3.63, 3.8) is 0 Å². The Morgan fingerprint density at radius 2 is 1.80 bits per heavy atom. The van der Waals surface area contributed by atoms with Gasteiger partial charge in [-0.25, -0.2) is 0 Å². The largest absolute Gasteiger partial charge is 0.507 e. The molecule has 0 fully saturated rings. The quantitative estimate of drug-likeness (QED) is 0.374. The standard InChI is InChI=1S/C18H18O7/c19-10-13(20)8-17(22)25-11-24-14-6-7-15(16(21)9-14)18(23)12-4-2-1-3-5-12/h1-7,9,13,19-21H,8,10-11H2. The summed E-state index contributed by atoms with van der Waals surface area (Å²) in [7, 11) is 0. The van der Waals surface area contributed by atoms with Crippen LogP contribution in [0.1, 0.15) is 22.3 Å². The smallest absolute Gasteiger partial charge is 0.311 e. The number of esters is 1. The Bertz CT molecular complexity index is 727. The van der Waals surface area contributed by atoms with Gasteiger partial charge in [0, 0.05) is 11.6 Å². The number of phenolic OH excluding ortho intramolecular Hbond substituents is 1. The highest BCUT2D eigenvalue weighted by molar-refractivity contribution is 6.10. The van der Waals surface area contributed by atoms with Crippen molar-refractivity contribution in [3.05, 3.63) is 59.7 Å². The average molecular weight is 346 g/mol. The monoisotopic (exact) mass is 346 g/mol. The number of phenols is 1. The van der Waals surface area contributed by atoms with Crippen molar-refractivity contribution in [1.29, 1.82) is 0 Å². The summed E-state index contributed by atoms with van der Waals surface area (Å²) < 4.78 is 9.88. The van der Waals surface area contributed by atoms with E-state index in [1.165, 1.54) is 18.2 Å². The molecule has 25 heavy (non-hydrogen) atoms. The summed E-state index contributed by atoms with van der Waals surface area (Å²) in [4.78, 5) is 23.6. The lowest BCUT2D eigenvalue weighted by Gasteiger charge is -2.10. The molecule has 0 aliphatic carbocycles. The molecule has 1 unspecified atom stereocenters. The molecule has 1 atom stereocenters. The molecule has 0 amide bonds. The van der Waals surface area contributed by atoms with E-state index in [0.29, 0.717) is 5.56 Å². The number of rotatable bonds is 8. The maximum absolute atomic E-state index is 12.3. The number of ether oxygens (including phenoxy) is 2. The molecule has 0 heterocycles. The van der Waals surface area contributed by atoms with E-state index in [0.717, 1.165) is 0 Å². The first-order valence-electron chi connectivity index (χ1n) is 7.51. The number of hydrogen-bond donors (Lipinski definition) is 3. The first-order chi connectivity index (χ1) is 12.0. The van der Waals surface area contributed by atoms with Crippen molar-refractivity contribution in [3.8, 4) is 11.5 Å². The molecule has 0 aliphatic rings. The number of aliphatic hydroxyl groups excluding tert-OH is 2. The van der Waals surface area contributed by atoms with Crippen LogP contribution in [-0.4, -0.2) is 46.6 Å². The highest BCUT2D eigenvalue weighted by atomic mass is 16.7. The Labute approximate surface area is 144 Å². The average Bonchev–Trinajstić information content (AvgIpc) is 2.62. The second-order valence-corrected chi connectivity index (χ2v) is 5.19. The van der Waals surface area contributed by atoms with E-state index >= 15 is 0 Å². The van der Waals surface area contributed by atoms with Gasteiger partial charge in [-0.1, -0.05) is 30.3 Å². The van der Waals surface area contributed by atoms with E-state index in [-0.39, 0.29) is 29.3 Å². The molecule has 2 rings (SSSR count). The third kappa shape index (κ3) is 5.30. The van der Waals surface area contributed by atoms with Gasteiger partial charge in [-0.2, -0.15) is 0 Å². The fourth-order valence-corrected chi connectivity index (χ4v) is 2.02. The maximum atomic E-state index is 12.3. The zero-order valence-electron chi connectivity index (χ0n) is 13.3. The predicted molar refractivity (Wildman–Crippen MR) is 87.3 cm³/mol. The lowest BCUT2D eigenvalue weighted by Crippen LogP contribution is -2.20. The fraction of sp³-hybridized carbons (Fsp3) is 0.222. The molecule has 0 aliphatic heterocycles. The van der Waals surface area contributed by atoms with Gasteiger partial charge in [0.25, 0.3) is 0 Å². The summed E-state index contributed by atoms with van der Waals surface area (Å²) in [6.45, 7) is -0.969. The normalized spacial score (nSPS) is 11.6. The zero-order chi connectivity index (χ0) is 18.2. The van der Waals surface area contributed by atoms with E-state index in [9.17, 15) is 14.7 Å². The Morgan fingerprint density at radius 1 is 1.08 bits per heavy atom. The number of carbonyl (C=O) groups excluding carboxylic acids is 2. The summed E-state index contributed by atoms with van der Waals surface area (Å²) in [6.07, 6.45) is -1.53. The van der Waals surface area contributed by atoms with Gasteiger partial charge in [-0.3, -0.25) is 9.59 Å². The summed E-state index contributed by atoms with van der Waals surface area (Å²) >= 11 is 0. The highest BCUT2D eigenvalue weighted by Gasteiger charge is 2.14. The van der Waals surface area contributed by atoms with Crippen LogP contribution in [-0.2, 0) is 9.53 Å². The van der Waals surface area contributed by atoms with Crippen LogP contribution in [0.5, 0.6) is 11.5 Å². The molecule has 2 aromatic rings. The molecule has 7 heteroatoms. The van der Waals surface area contributed by atoms with Crippen molar-refractivity contribution < 1.29 is 34.4 Å². The van der Waals surface area contributed by atoms with Gasteiger partial charge < -0.3 is 24.8 Å². The van der Waals surface area contributed by atoms with Gasteiger partial charge in [0.2, 0.25) is 6.79 Å². The molecule has 7 nitrogen and oxygen atoms in total. The van der Waals surface area contributed by atoms with Crippen molar-refractivity contribution in [2.45, 2.75) is 12.5 Å². The van der Waals surface area contributed by atoms with Crippen molar-refractivity contribution >= 4 is 11.8 Å². The van der Waals surface area contributed by atoms with Crippen LogP contribution in [0, 0.1) is 0 Å². The lowest BCUT2D eigenvalue weighted by molar-refractivity contribution is -0.153. The zero-order valence-corrected chi connectivity index (χ0v) is 13.3. The summed E-state index contributed by atoms with van der Waals surface area (Å²) in [5.74, 6) is -1.11. The minimum Gasteiger partial charge on any atom is -0.507 e. The van der Waals surface area contributed by atoms with E-state index in [1.807, 2.05) is 0 Å². The number of aromatic hydroxyl groups is 1. The molecule has 132 valence electrons. The van der Waals surface area contributed by atoms with Crippen LogP contribution >= 0.6 is 0 Å². The molecular weight excluding hydrogens is 328 g/mol. The minimum atomic E-state index is -1.18. The summed E-state index contributed by atoms with van der Waals surface area (Å²) in [5, 5.41) is 27.7. The van der Waals surface area contributed by atoms with E-state index in [2.05, 4.69) is 0 Å². The molecule has 0 spiro atoms. The second kappa shape index (κ2) is 8.81. The van der Waals surface area contributed by atoms with Gasteiger partial charge in [-0.05, 0) is 12.1 Å². The van der Waals surface area contributed by atoms with Crippen LogP contribution in [0.2, 0.25) is 0 Å². The van der Waals surface area contributed by atoms with Gasteiger partial charge in [0.1, 0.15) is 11.5 Å². The number of carbonyl (C=O) groups is 2. The Kier molecular flexibility index (Phi) is 6.50. The third-order valence-electron chi connectivity index (χ3n) is 3.31. The van der Waals surface area contributed by atoms with Crippen LogP contribution in [0.25, 0.3) is 0 Å². The van der Waals surface area contributed by atoms with E-state index in [4.69, 9.17) is 19.7 Å². The number of benzene rings is 2. The van der Waals surface area contributed by atoms with Crippen LogP contribution in [0.4, 0.5) is 0 Å². The van der Waals surface area contributed by atoms with E-state index in [1.54, 1.807) is 30.3 Å². The molecule has 0 bridgehead atoms. The van der Waals surface area contributed by atoms with Crippen molar-refractivity contribution in [1.82, 2.24) is 0 Å². The van der Waals surface area contributed by atoms with Gasteiger partial charge >= 0.3 is 5.97 Å². The predicted octanol–water partition coefficient (Wildman–Crippen LogP) is 1.25. The molecule has 2 aromatic carbocycles. The molecule has 0 aromatic heterocycles. The van der Waals surface area contributed by atoms with Crippen LogP contribution in [0.3, 0.4) is 0 Å². The SMILES string of the molecule is O=C(CC(O)CO)OCOc1ccc(C(=O)c2ccccc2)c(O)c1. The third-order valence-corrected chi connectivity index (χ3v) is 3.31. The Morgan fingerprint density at radius 3 is 2.44 bits per heavy atom. The van der Waals surface area contributed by atoms with Crippen molar-refractivity contribution in [2.75, 3.05) is 13.4 Å². The topological polar surface area (TPSA) is 113 Å². The summed E-state index contributed by atoms with van der Waals surface area (Å²) in [6, 6.07) is 12.7. The first kappa shape index (κ1) is 18.4.